The first-order valence-corrected chi connectivity index (χ1v) is 9.98. The lowest BCUT2D eigenvalue weighted by molar-refractivity contribution is -0.131. The Balaban J connectivity index is 1.43. The van der Waals surface area contributed by atoms with Gasteiger partial charge in [-0.25, -0.2) is 4.79 Å². The number of fused-ring (bicyclic) bond motifs is 1. The van der Waals surface area contributed by atoms with Crippen LogP contribution in [-0.2, 0) is 16.6 Å². The largest absolute Gasteiger partial charge is 0.453 e. The van der Waals surface area contributed by atoms with Crippen molar-refractivity contribution in [2.45, 2.75) is 32.6 Å². The molecule has 2 amide bonds. The number of ether oxygens (including phenoxy) is 2. The molecule has 0 saturated heterocycles. The van der Waals surface area contributed by atoms with E-state index in [1.807, 2.05) is 20.8 Å². The Morgan fingerprint density at radius 3 is 2.80 bits per heavy atom. The van der Waals surface area contributed by atoms with Gasteiger partial charge >= 0.3 is 12.0 Å². The highest BCUT2D eigenvalue weighted by Gasteiger charge is 2.26. The zero-order valence-corrected chi connectivity index (χ0v) is 17.4. The second-order valence-corrected chi connectivity index (χ2v) is 8.58. The summed E-state index contributed by atoms with van der Waals surface area (Å²) in [5.41, 5.74) is 0.924. The average molecular weight is 425 g/mol. The molecule has 0 aliphatic carbocycles. The highest BCUT2D eigenvalue weighted by molar-refractivity contribution is 7.15. The van der Waals surface area contributed by atoms with Crippen molar-refractivity contribution in [3.8, 4) is 17.2 Å². The highest BCUT2D eigenvalue weighted by atomic mass is 32.1. The number of rotatable bonds is 4. The van der Waals surface area contributed by atoms with Gasteiger partial charge in [0.1, 0.15) is 10.8 Å². The van der Waals surface area contributed by atoms with E-state index in [2.05, 4.69) is 25.8 Å². The second-order valence-electron chi connectivity index (χ2n) is 7.61. The first-order chi connectivity index (χ1) is 14.3. The molecular formula is C20H19N5O4S. The maximum atomic E-state index is 12.3. The third kappa shape index (κ3) is 4.38. The van der Waals surface area contributed by atoms with E-state index in [0.29, 0.717) is 33.8 Å². The minimum atomic E-state index is -0.442. The first kappa shape index (κ1) is 19.8. The molecule has 0 atom stereocenters. The third-order valence-corrected chi connectivity index (χ3v) is 5.34. The van der Waals surface area contributed by atoms with E-state index >= 15 is 0 Å². The minimum absolute atomic E-state index is 0.122. The number of carbonyl (C=O) groups excluding carboxylic acids is 2. The number of hydrogen-bond acceptors (Lipinski definition) is 8. The van der Waals surface area contributed by atoms with Gasteiger partial charge in [-0.2, -0.15) is 0 Å². The lowest BCUT2D eigenvalue weighted by Crippen LogP contribution is -2.19. The fourth-order valence-corrected chi connectivity index (χ4v) is 3.47. The molecule has 1 aliphatic heterocycles. The number of aromatic nitrogens is 3. The molecule has 2 N–H and O–H groups in total. The zero-order valence-electron chi connectivity index (χ0n) is 16.6. The molecule has 2 aromatic heterocycles. The summed E-state index contributed by atoms with van der Waals surface area (Å²) >= 11 is 1.33. The molecule has 9 nitrogen and oxygen atoms in total. The Morgan fingerprint density at radius 1 is 1.20 bits per heavy atom. The van der Waals surface area contributed by atoms with E-state index in [4.69, 9.17) is 9.47 Å². The molecule has 0 spiro atoms. The van der Waals surface area contributed by atoms with Gasteiger partial charge in [0.2, 0.25) is 5.13 Å². The van der Waals surface area contributed by atoms with E-state index < -0.39 is 6.03 Å². The molecular weight excluding hydrogens is 406 g/mol. The lowest BCUT2D eigenvalue weighted by atomic mass is 9.98. The third-order valence-electron chi connectivity index (χ3n) is 4.08. The van der Waals surface area contributed by atoms with E-state index in [9.17, 15) is 9.59 Å². The summed E-state index contributed by atoms with van der Waals surface area (Å²) in [5, 5.41) is 14.8. The van der Waals surface area contributed by atoms with Gasteiger partial charge in [0.25, 0.3) is 0 Å². The Labute approximate surface area is 176 Å². The van der Waals surface area contributed by atoms with E-state index in [1.54, 1.807) is 36.5 Å². The molecule has 154 valence electrons. The van der Waals surface area contributed by atoms with Crippen molar-refractivity contribution in [1.82, 2.24) is 15.2 Å². The SMILES string of the molecule is CC(C)(C)c1nnc(NC(=O)Nc2cccc(Oc3ccnc4c3OC(=O)C4)c2)s1. The standard InChI is InChI=1S/C20H19N5O4S/c1-20(2,3)17-24-25-19(30-17)23-18(27)22-11-5-4-6-12(9-11)28-14-7-8-21-13-10-15(26)29-16(13)14/h4-9H,10H2,1-3H3,(H2,22,23,25,27). The fourth-order valence-electron chi connectivity index (χ4n) is 2.67. The number of esters is 1. The summed E-state index contributed by atoms with van der Waals surface area (Å²) in [7, 11) is 0. The van der Waals surface area contributed by atoms with Crippen LogP contribution in [0.15, 0.2) is 36.5 Å². The van der Waals surface area contributed by atoms with Crippen LogP contribution < -0.4 is 20.1 Å². The molecule has 0 unspecified atom stereocenters. The van der Waals surface area contributed by atoms with Crippen LogP contribution in [0, 0.1) is 0 Å². The number of urea groups is 1. The molecule has 10 heteroatoms. The van der Waals surface area contributed by atoms with E-state index in [-0.39, 0.29) is 17.8 Å². The Hall–Kier alpha value is -3.53. The second kappa shape index (κ2) is 7.71. The van der Waals surface area contributed by atoms with Crippen LogP contribution in [0.3, 0.4) is 0 Å². The average Bonchev–Trinajstić information content (AvgIpc) is 3.28. The monoisotopic (exact) mass is 425 g/mol. The van der Waals surface area contributed by atoms with Crippen molar-refractivity contribution in [2.75, 3.05) is 10.6 Å². The molecule has 0 radical (unpaired) electrons. The van der Waals surface area contributed by atoms with Crippen LogP contribution in [-0.4, -0.2) is 27.2 Å². The molecule has 1 aliphatic rings. The number of pyridine rings is 1. The van der Waals surface area contributed by atoms with Gasteiger partial charge in [-0.1, -0.05) is 38.2 Å². The van der Waals surface area contributed by atoms with Crippen molar-refractivity contribution in [3.63, 3.8) is 0 Å². The molecule has 30 heavy (non-hydrogen) atoms. The van der Waals surface area contributed by atoms with Gasteiger partial charge in [0.15, 0.2) is 11.5 Å². The Bertz CT molecular complexity index is 1120. The predicted octanol–water partition coefficient (Wildman–Crippen LogP) is 4.13. The number of anilines is 2. The molecule has 0 saturated carbocycles. The maximum absolute atomic E-state index is 12.3. The van der Waals surface area contributed by atoms with Gasteiger partial charge in [-0.05, 0) is 12.1 Å². The zero-order chi connectivity index (χ0) is 21.3. The van der Waals surface area contributed by atoms with Crippen LogP contribution in [0.4, 0.5) is 15.6 Å². The van der Waals surface area contributed by atoms with Crippen LogP contribution in [0.25, 0.3) is 0 Å². The highest BCUT2D eigenvalue weighted by Crippen LogP contribution is 2.37. The smallest absolute Gasteiger partial charge is 0.325 e. The van der Waals surface area contributed by atoms with Crippen molar-refractivity contribution in [2.24, 2.45) is 0 Å². The van der Waals surface area contributed by atoms with Crippen molar-refractivity contribution in [3.05, 3.63) is 47.2 Å². The van der Waals surface area contributed by atoms with Crippen LogP contribution in [0.1, 0.15) is 31.5 Å². The molecule has 3 heterocycles. The van der Waals surface area contributed by atoms with E-state index in [1.165, 1.54) is 11.3 Å². The summed E-state index contributed by atoms with van der Waals surface area (Å²) in [6.45, 7) is 6.09. The lowest BCUT2D eigenvalue weighted by Gasteiger charge is -2.12. The molecule has 0 fully saturated rings. The summed E-state index contributed by atoms with van der Waals surface area (Å²) in [5.74, 6) is 0.808. The molecule has 4 rings (SSSR count). The molecule has 1 aromatic carbocycles. The van der Waals surface area contributed by atoms with Gasteiger partial charge in [-0.3, -0.25) is 15.1 Å². The minimum Gasteiger partial charge on any atom is -0.453 e. The topological polar surface area (TPSA) is 115 Å². The number of nitrogens with one attached hydrogen (secondary N) is 2. The van der Waals surface area contributed by atoms with Gasteiger partial charge in [0.05, 0.1) is 12.1 Å². The van der Waals surface area contributed by atoms with Crippen molar-refractivity contribution >= 4 is 34.2 Å². The Morgan fingerprint density at radius 2 is 2.03 bits per heavy atom. The summed E-state index contributed by atoms with van der Waals surface area (Å²) in [4.78, 5) is 27.9. The van der Waals surface area contributed by atoms with Crippen molar-refractivity contribution < 1.29 is 19.1 Å². The summed E-state index contributed by atoms with van der Waals surface area (Å²) < 4.78 is 11.0. The van der Waals surface area contributed by atoms with E-state index in [0.717, 1.165) is 5.01 Å². The number of nitrogens with zero attached hydrogens (tertiary/aromatic N) is 3. The number of hydrogen-bond donors (Lipinski definition) is 2. The molecule has 0 bridgehead atoms. The maximum Gasteiger partial charge on any atom is 0.325 e. The predicted molar refractivity (Wildman–Crippen MR) is 111 cm³/mol. The number of benzene rings is 1. The first-order valence-electron chi connectivity index (χ1n) is 9.16. The summed E-state index contributed by atoms with van der Waals surface area (Å²) in [6, 6.07) is 8.02. The van der Waals surface area contributed by atoms with Gasteiger partial charge in [-0.15, -0.1) is 10.2 Å². The Kier molecular flexibility index (Phi) is 5.08. The number of amides is 2. The van der Waals surface area contributed by atoms with Gasteiger partial charge in [0, 0.05) is 29.4 Å². The van der Waals surface area contributed by atoms with Gasteiger partial charge < -0.3 is 14.8 Å². The van der Waals surface area contributed by atoms with Crippen LogP contribution >= 0.6 is 11.3 Å². The number of carbonyl (C=O) groups is 2. The van der Waals surface area contributed by atoms with Crippen molar-refractivity contribution in [1.29, 1.82) is 0 Å². The fraction of sp³-hybridized carbons (Fsp3) is 0.250. The molecule has 3 aromatic rings. The summed E-state index contributed by atoms with van der Waals surface area (Å²) in [6.07, 6.45) is 1.68. The van der Waals surface area contributed by atoms with Crippen LogP contribution in [0.5, 0.6) is 17.2 Å². The quantitative estimate of drug-likeness (QED) is 0.604. The normalized spacial score (nSPS) is 12.8. The van der Waals surface area contributed by atoms with Crippen LogP contribution in [0.2, 0.25) is 0 Å².